The molecule has 8 aromatic carbocycles. The molecule has 0 unspecified atom stereocenters. The van der Waals surface area contributed by atoms with Crippen molar-refractivity contribution in [2.75, 3.05) is 5.32 Å². The zero-order valence-corrected chi connectivity index (χ0v) is 37.6. The second-order valence-corrected chi connectivity index (χ2v) is 20.9. The Bertz CT molecular complexity index is 3820. The molecule has 64 heavy (non-hydrogen) atoms. The molecule has 2 aliphatic rings. The Morgan fingerprint density at radius 3 is 1.98 bits per heavy atom. The molecule has 3 aromatic heterocycles. The van der Waals surface area contributed by atoms with Crippen LogP contribution in [0.1, 0.15) is 77.6 Å². The zero-order chi connectivity index (χ0) is 43.6. The third kappa shape index (κ3) is 5.24. The van der Waals surface area contributed by atoms with Crippen LogP contribution in [-0.4, -0.2) is 11.8 Å². The SMILES string of the molecule is CC(C)(C)c1ccc(Nc2cc3c(cc2-c2ccc4c5cc6oc7ccccc7c6cc5n5c4c2[B]c2cc4c(cc2-5)-c2ccccc2C4(C)C)oc2cc(C(C)(C)C)ccc23)cc1. The highest BCUT2D eigenvalue weighted by Gasteiger charge is 2.38. The number of fused-ring (bicyclic) bond motifs is 14. The molecule has 4 nitrogen and oxygen atoms in total. The topological polar surface area (TPSA) is 43.2 Å². The average molecular weight is 828 g/mol. The largest absolute Gasteiger partial charge is 0.456 e. The highest BCUT2D eigenvalue weighted by molar-refractivity contribution is 6.73. The van der Waals surface area contributed by atoms with Crippen LogP contribution < -0.4 is 16.2 Å². The lowest BCUT2D eigenvalue weighted by Crippen LogP contribution is -2.38. The molecule has 0 spiro atoms. The normalized spacial score (nSPS) is 14.2. The molecule has 5 heteroatoms. The lowest BCUT2D eigenvalue weighted by atomic mass is 9.58. The van der Waals surface area contributed by atoms with Crippen molar-refractivity contribution < 1.29 is 8.83 Å². The Morgan fingerprint density at radius 2 is 1.17 bits per heavy atom. The van der Waals surface area contributed by atoms with E-state index >= 15 is 0 Å². The molecule has 309 valence electrons. The lowest BCUT2D eigenvalue weighted by Gasteiger charge is -2.27. The molecular formula is C59H48BN2O2. The Balaban J connectivity index is 1.10. The Hall–Kier alpha value is -6.98. The molecule has 0 amide bonds. The summed E-state index contributed by atoms with van der Waals surface area (Å²) in [6.45, 7) is 18.3. The van der Waals surface area contributed by atoms with E-state index in [-0.39, 0.29) is 16.2 Å². The van der Waals surface area contributed by atoms with Gasteiger partial charge in [0.2, 0.25) is 0 Å². The smallest absolute Gasteiger partial charge is 0.197 e. The zero-order valence-electron chi connectivity index (χ0n) is 37.6. The highest BCUT2D eigenvalue weighted by atomic mass is 16.3. The van der Waals surface area contributed by atoms with Crippen LogP contribution in [0.3, 0.4) is 0 Å². The van der Waals surface area contributed by atoms with E-state index in [9.17, 15) is 0 Å². The second-order valence-electron chi connectivity index (χ2n) is 20.9. The van der Waals surface area contributed by atoms with Crippen molar-refractivity contribution in [3.63, 3.8) is 0 Å². The second kappa shape index (κ2) is 12.6. The Kier molecular flexibility index (Phi) is 7.40. The summed E-state index contributed by atoms with van der Waals surface area (Å²) >= 11 is 0. The maximum atomic E-state index is 6.83. The number of nitrogens with one attached hydrogen (secondary N) is 1. The predicted molar refractivity (Wildman–Crippen MR) is 270 cm³/mol. The van der Waals surface area contributed by atoms with E-state index in [0.717, 1.165) is 66.4 Å². The number of furan rings is 2. The van der Waals surface area contributed by atoms with Gasteiger partial charge >= 0.3 is 0 Å². The van der Waals surface area contributed by atoms with Gasteiger partial charge in [0.25, 0.3) is 0 Å². The fraction of sp³-hybridized carbons (Fsp3) is 0.186. The van der Waals surface area contributed by atoms with Crippen molar-refractivity contribution in [2.24, 2.45) is 0 Å². The van der Waals surface area contributed by atoms with Crippen LogP contribution in [0.15, 0.2) is 148 Å². The van der Waals surface area contributed by atoms with Crippen molar-refractivity contribution in [2.45, 2.75) is 71.6 Å². The van der Waals surface area contributed by atoms with Crippen LogP contribution in [-0.2, 0) is 16.2 Å². The van der Waals surface area contributed by atoms with Crippen molar-refractivity contribution >= 4 is 95.3 Å². The van der Waals surface area contributed by atoms with Gasteiger partial charge in [-0.25, -0.2) is 0 Å². The number of aromatic nitrogens is 1. The van der Waals surface area contributed by atoms with Crippen molar-refractivity contribution in [1.29, 1.82) is 0 Å². The first kappa shape index (κ1) is 37.6. The van der Waals surface area contributed by atoms with E-state index in [4.69, 9.17) is 8.83 Å². The number of rotatable bonds is 3. The predicted octanol–water partition coefficient (Wildman–Crippen LogP) is 14.9. The van der Waals surface area contributed by atoms with Gasteiger partial charge in [-0.15, -0.1) is 0 Å². The third-order valence-corrected chi connectivity index (χ3v) is 14.5. The molecule has 4 heterocycles. The summed E-state index contributed by atoms with van der Waals surface area (Å²) in [5, 5.41) is 10.8. The van der Waals surface area contributed by atoms with Crippen molar-refractivity contribution in [1.82, 2.24) is 4.57 Å². The van der Waals surface area contributed by atoms with Gasteiger partial charge in [0.15, 0.2) is 7.28 Å². The monoisotopic (exact) mass is 827 g/mol. The summed E-state index contributed by atoms with van der Waals surface area (Å²) in [7, 11) is 2.45. The van der Waals surface area contributed by atoms with Gasteiger partial charge in [0, 0.05) is 65.9 Å². The number of hydrogen-bond donors (Lipinski definition) is 1. The molecule has 0 bridgehead atoms. The van der Waals surface area contributed by atoms with Gasteiger partial charge in [-0.05, 0) is 110 Å². The summed E-state index contributed by atoms with van der Waals surface area (Å²) in [6, 6.07) is 51.8. The summed E-state index contributed by atoms with van der Waals surface area (Å²) < 4.78 is 15.9. The van der Waals surface area contributed by atoms with Gasteiger partial charge in [0.1, 0.15) is 22.3 Å². The number of benzene rings is 8. The van der Waals surface area contributed by atoms with Crippen molar-refractivity contribution in [3.8, 4) is 27.9 Å². The first-order chi connectivity index (χ1) is 30.7. The molecule has 0 saturated heterocycles. The highest BCUT2D eigenvalue weighted by Crippen LogP contribution is 2.50. The van der Waals surface area contributed by atoms with Crippen LogP contribution in [0.4, 0.5) is 11.4 Å². The Morgan fingerprint density at radius 1 is 0.500 bits per heavy atom. The third-order valence-electron chi connectivity index (χ3n) is 14.5. The summed E-state index contributed by atoms with van der Waals surface area (Å²) in [4.78, 5) is 0. The van der Waals surface area contributed by atoms with E-state index in [0.29, 0.717) is 0 Å². The molecule has 13 rings (SSSR count). The van der Waals surface area contributed by atoms with Crippen LogP contribution in [0, 0.1) is 0 Å². The molecule has 0 saturated carbocycles. The maximum Gasteiger partial charge on any atom is 0.197 e. The molecule has 1 radical (unpaired) electrons. The average Bonchev–Trinajstić information content (AvgIpc) is 3.98. The number of hydrogen-bond acceptors (Lipinski definition) is 3. The molecule has 1 aliphatic heterocycles. The van der Waals surface area contributed by atoms with Crippen LogP contribution in [0.2, 0.25) is 0 Å². The molecular weight excluding hydrogens is 779 g/mol. The summed E-state index contributed by atoms with van der Waals surface area (Å²) in [5.41, 5.74) is 21.7. The lowest BCUT2D eigenvalue weighted by molar-refractivity contribution is 0.587. The number of anilines is 2. The van der Waals surface area contributed by atoms with Crippen molar-refractivity contribution in [3.05, 3.63) is 162 Å². The molecule has 0 fully saturated rings. The van der Waals surface area contributed by atoms with Crippen LogP contribution in [0.25, 0.3) is 93.6 Å². The molecule has 11 aromatic rings. The van der Waals surface area contributed by atoms with Gasteiger partial charge < -0.3 is 18.7 Å². The minimum absolute atomic E-state index is 0.000688. The molecule has 1 aliphatic carbocycles. The first-order valence-electron chi connectivity index (χ1n) is 22.7. The van der Waals surface area contributed by atoms with Gasteiger partial charge in [0.05, 0.1) is 5.52 Å². The van der Waals surface area contributed by atoms with Gasteiger partial charge in [-0.2, -0.15) is 0 Å². The maximum absolute atomic E-state index is 6.83. The van der Waals surface area contributed by atoms with Gasteiger partial charge in [-0.1, -0.05) is 146 Å². The van der Waals surface area contributed by atoms with Crippen LogP contribution >= 0.6 is 0 Å². The number of para-hydroxylation sites is 1. The summed E-state index contributed by atoms with van der Waals surface area (Å²) in [6.07, 6.45) is 0. The summed E-state index contributed by atoms with van der Waals surface area (Å²) in [5.74, 6) is 0. The first-order valence-corrected chi connectivity index (χ1v) is 22.7. The molecule has 1 N–H and O–H groups in total. The van der Waals surface area contributed by atoms with E-state index in [1.54, 1.807) is 0 Å². The van der Waals surface area contributed by atoms with E-state index in [1.165, 1.54) is 71.8 Å². The minimum atomic E-state index is -0.136. The van der Waals surface area contributed by atoms with Gasteiger partial charge in [-0.3, -0.25) is 0 Å². The molecule has 0 atom stereocenters. The fourth-order valence-corrected chi connectivity index (χ4v) is 11.0. The standard InChI is InChI=1S/C59H48BN2O2/c1-57(2,3)32-17-20-34(21-18-32)61-48-26-43-37-22-19-33(58(4,5)6)25-52(37)64-53(43)29-41(48)38-23-24-39-42-30-54-44(36-14-10-12-16-51(36)63-54)28-49(42)62-50-27-40-35-13-9-11-15-45(35)59(7,8)46(40)31-47(50)60-55(38)56(39)62/h9-31,61H,1-8H3. The fourth-order valence-electron chi connectivity index (χ4n) is 11.0. The Labute approximate surface area is 373 Å². The number of nitrogens with zero attached hydrogens (tertiary/aromatic N) is 1. The quantitative estimate of drug-likeness (QED) is 0.180. The van der Waals surface area contributed by atoms with E-state index in [2.05, 4.69) is 206 Å². The van der Waals surface area contributed by atoms with E-state index < -0.39 is 0 Å². The van der Waals surface area contributed by atoms with Crippen LogP contribution in [0.5, 0.6) is 0 Å². The minimum Gasteiger partial charge on any atom is -0.456 e. The van der Waals surface area contributed by atoms with E-state index in [1.807, 2.05) is 6.07 Å².